The second kappa shape index (κ2) is 8.47. The maximum Gasteiger partial charge on any atom is 0.305 e. The number of hydrogen-bond acceptors (Lipinski definition) is 4. The Bertz CT molecular complexity index is 559. The molecular weight excluding hydrogens is 280 g/mol. The number of carbonyl (C=O) groups is 1. The van der Waals surface area contributed by atoms with Crippen molar-refractivity contribution < 1.29 is 19.0 Å². The second-order valence-electron chi connectivity index (χ2n) is 5.35. The van der Waals surface area contributed by atoms with Crippen LogP contribution in [0.25, 0.3) is 0 Å². The first-order chi connectivity index (χ1) is 10.4. The molecule has 1 rings (SSSR count). The standard InChI is InChI=1S/C18H26O4/c1-12(8-10-17(19)21-5)7-9-15-11-16(20-4)13(2)14(3)18(15)22-6/h7,11H,8-10H2,1-6H3/b12-7+. The highest BCUT2D eigenvalue weighted by Gasteiger charge is 2.13. The zero-order chi connectivity index (χ0) is 16.7. The van der Waals surface area contributed by atoms with Gasteiger partial charge in [0.05, 0.1) is 21.3 Å². The van der Waals surface area contributed by atoms with Gasteiger partial charge in [0.1, 0.15) is 11.5 Å². The number of benzene rings is 1. The van der Waals surface area contributed by atoms with Crippen LogP contribution in [0.3, 0.4) is 0 Å². The Morgan fingerprint density at radius 3 is 2.32 bits per heavy atom. The van der Waals surface area contributed by atoms with Gasteiger partial charge in [-0.2, -0.15) is 0 Å². The fourth-order valence-corrected chi connectivity index (χ4v) is 2.36. The smallest absolute Gasteiger partial charge is 0.305 e. The maximum absolute atomic E-state index is 11.2. The van der Waals surface area contributed by atoms with Crippen molar-refractivity contribution in [3.05, 3.63) is 34.4 Å². The van der Waals surface area contributed by atoms with Crippen LogP contribution in [0.1, 0.15) is 36.5 Å². The number of carbonyl (C=O) groups excluding carboxylic acids is 1. The molecule has 22 heavy (non-hydrogen) atoms. The van der Waals surface area contributed by atoms with Crippen molar-refractivity contribution in [2.75, 3.05) is 21.3 Å². The molecule has 0 fully saturated rings. The van der Waals surface area contributed by atoms with Crippen LogP contribution in [0.15, 0.2) is 17.7 Å². The van der Waals surface area contributed by atoms with Crippen molar-refractivity contribution in [1.29, 1.82) is 0 Å². The Kier molecular flexibility index (Phi) is 6.96. The minimum absolute atomic E-state index is 0.182. The summed E-state index contributed by atoms with van der Waals surface area (Å²) in [4.78, 5) is 11.2. The van der Waals surface area contributed by atoms with Crippen molar-refractivity contribution in [2.24, 2.45) is 0 Å². The molecule has 0 aromatic heterocycles. The van der Waals surface area contributed by atoms with Gasteiger partial charge in [-0.25, -0.2) is 0 Å². The number of methoxy groups -OCH3 is 3. The lowest BCUT2D eigenvalue weighted by Crippen LogP contribution is -2.01. The lowest BCUT2D eigenvalue weighted by Gasteiger charge is -2.16. The van der Waals surface area contributed by atoms with Gasteiger partial charge in [-0.3, -0.25) is 4.79 Å². The van der Waals surface area contributed by atoms with Crippen molar-refractivity contribution in [2.45, 2.75) is 40.0 Å². The molecule has 0 atom stereocenters. The normalized spacial score (nSPS) is 11.3. The third-order valence-corrected chi connectivity index (χ3v) is 3.92. The van der Waals surface area contributed by atoms with E-state index in [1.165, 1.54) is 7.11 Å². The molecule has 0 unspecified atom stereocenters. The number of hydrogen-bond donors (Lipinski definition) is 0. The average Bonchev–Trinajstić information content (AvgIpc) is 2.53. The van der Waals surface area contributed by atoms with Crippen molar-refractivity contribution in [3.63, 3.8) is 0 Å². The summed E-state index contributed by atoms with van der Waals surface area (Å²) in [6.45, 7) is 6.08. The Labute approximate surface area is 133 Å². The molecule has 0 saturated heterocycles. The molecule has 0 amide bonds. The van der Waals surface area contributed by atoms with Gasteiger partial charge in [0.2, 0.25) is 0 Å². The van der Waals surface area contributed by atoms with Crippen LogP contribution >= 0.6 is 0 Å². The Balaban J connectivity index is 2.92. The van der Waals surface area contributed by atoms with E-state index in [4.69, 9.17) is 9.47 Å². The highest BCUT2D eigenvalue weighted by Crippen LogP contribution is 2.33. The van der Waals surface area contributed by atoms with Crippen LogP contribution < -0.4 is 9.47 Å². The first-order valence-corrected chi connectivity index (χ1v) is 7.38. The minimum Gasteiger partial charge on any atom is -0.496 e. The molecule has 0 saturated carbocycles. The first kappa shape index (κ1) is 18.1. The molecule has 0 N–H and O–H groups in total. The SMILES string of the molecule is COC(=O)CC/C(C)=C/Cc1cc(OC)c(C)c(C)c1OC. The summed E-state index contributed by atoms with van der Waals surface area (Å²) in [6.07, 6.45) is 3.98. The van der Waals surface area contributed by atoms with Gasteiger partial charge in [0, 0.05) is 12.0 Å². The number of ether oxygens (including phenoxy) is 3. The van der Waals surface area contributed by atoms with Gasteiger partial charge < -0.3 is 14.2 Å². The molecule has 1 aromatic carbocycles. The molecule has 0 spiro atoms. The molecular formula is C18H26O4. The van der Waals surface area contributed by atoms with Gasteiger partial charge in [0.25, 0.3) is 0 Å². The highest BCUT2D eigenvalue weighted by molar-refractivity contribution is 5.69. The molecule has 1 aromatic rings. The van der Waals surface area contributed by atoms with E-state index in [-0.39, 0.29) is 5.97 Å². The van der Waals surface area contributed by atoms with Gasteiger partial charge in [-0.05, 0) is 50.8 Å². The molecule has 4 nitrogen and oxygen atoms in total. The van der Waals surface area contributed by atoms with Crippen LogP contribution in [0.4, 0.5) is 0 Å². The van der Waals surface area contributed by atoms with E-state index < -0.39 is 0 Å². The molecule has 122 valence electrons. The second-order valence-corrected chi connectivity index (χ2v) is 5.35. The predicted molar refractivity (Wildman–Crippen MR) is 87.7 cm³/mol. The van der Waals surface area contributed by atoms with E-state index in [1.54, 1.807) is 14.2 Å². The summed E-state index contributed by atoms with van der Waals surface area (Å²) in [5, 5.41) is 0. The van der Waals surface area contributed by atoms with Gasteiger partial charge >= 0.3 is 5.97 Å². The van der Waals surface area contributed by atoms with E-state index in [2.05, 4.69) is 10.8 Å². The molecule has 0 heterocycles. The number of esters is 1. The summed E-state index contributed by atoms with van der Waals surface area (Å²) in [6, 6.07) is 2.02. The third-order valence-electron chi connectivity index (χ3n) is 3.92. The maximum atomic E-state index is 11.2. The predicted octanol–water partition coefficient (Wildman–Crippen LogP) is 3.76. The Hall–Kier alpha value is -1.97. The van der Waals surface area contributed by atoms with E-state index in [0.29, 0.717) is 12.8 Å². The minimum atomic E-state index is -0.182. The van der Waals surface area contributed by atoms with Crippen LogP contribution in [0, 0.1) is 13.8 Å². The molecule has 0 bridgehead atoms. The van der Waals surface area contributed by atoms with E-state index in [9.17, 15) is 4.79 Å². The van der Waals surface area contributed by atoms with Crippen molar-refractivity contribution >= 4 is 5.97 Å². The summed E-state index contributed by atoms with van der Waals surface area (Å²) < 4.78 is 15.6. The fraction of sp³-hybridized carbons (Fsp3) is 0.500. The van der Waals surface area contributed by atoms with Crippen molar-refractivity contribution in [3.8, 4) is 11.5 Å². The average molecular weight is 306 g/mol. The third kappa shape index (κ3) is 4.52. The number of allylic oxidation sites excluding steroid dienone is 2. The Morgan fingerprint density at radius 1 is 1.09 bits per heavy atom. The van der Waals surface area contributed by atoms with Gasteiger partial charge in [-0.15, -0.1) is 0 Å². The van der Waals surface area contributed by atoms with Crippen LogP contribution in [-0.2, 0) is 16.0 Å². The molecule has 0 aliphatic carbocycles. The summed E-state index contributed by atoms with van der Waals surface area (Å²) >= 11 is 0. The zero-order valence-electron chi connectivity index (χ0n) is 14.4. The van der Waals surface area contributed by atoms with Crippen LogP contribution in [0.5, 0.6) is 11.5 Å². The summed E-state index contributed by atoms with van der Waals surface area (Å²) in [5.74, 6) is 1.59. The summed E-state index contributed by atoms with van der Waals surface area (Å²) in [7, 11) is 4.77. The molecule has 0 aliphatic rings. The van der Waals surface area contributed by atoms with Gasteiger partial charge in [0.15, 0.2) is 0 Å². The van der Waals surface area contributed by atoms with E-state index >= 15 is 0 Å². The van der Waals surface area contributed by atoms with E-state index in [0.717, 1.165) is 40.2 Å². The first-order valence-electron chi connectivity index (χ1n) is 7.38. The van der Waals surface area contributed by atoms with E-state index in [1.807, 2.05) is 26.8 Å². The lowest BCUT2D eigenvalue weighted by molar-refractivity contribution is -0.140. The fourth-order valence-electron chi connectivity index (χ4n) is 2.36. The zero-order valence-corrected chi connectivity index (χ0v) is 14.4. The number of rotatable bonds is 7. The van der Waals surface area contributed by atoms with Gasteiger partial charge in [-0.1, -0.05) is 11.6 Å². The Morgan fingerprint density at radius 2 is 1.77 bits per heavy atom. The molecule has 0 radical (unpaired) electrons. The highest BCUT2D eigenvalue weighted by atomic mass is 16.5. The van der Waals surface area contributed by atoms with Crippen LogP contribution in [0.2, 0.25) is 0 Å². The van der Waals surface area contributed by atoms with Crippen molar-refractivity contribution in [1.82, 2.24) is 0 Å². The topological polar surface area (TPSA) is 44.8 Å². The molecule has 4 heteroatoms. The monoisotopic (exact) mass is 306 g/mol. The quantitative estimate of drug-likeness (QED) is 0.568. The molecule has 0 aliphatic heterocycles. The largest absolute Gasteiger partial charge is 0.496 e. The van der Waals surface area contributed by atoms with Crippen LogP contribution in [-0.4, -0.2) is 27.3 Å². The lowest BCUT2D eigenvalue weighted by atomic mass is 9.99. The summed E-state index contributed by atoms with van der Waals surface area (Å²) in [5.41, 5.74) is 4.43.